The summed E-state index contributed by atoms with van der Waals surface area (Å²) in [7, 11) is 2.60. The number of nitriles is 1. The summed E-state index contributed by atoms with van der Waals surface area (Å²) < 4.78 is 6.45. The average Bonchev–Trinajstić information content (AvgIpc) is 2.86. The molecule has 1 unspecified atom stereocenters. The summed E-state index contributed by atoms with van der Waals surface area (Å²) in [6.45, 7) is 0.548. The third-order valence-electron chi connectivity index (χ3n) is 5.24. The number of carboxylic acid groups (broad SMARTS) is 1. The molecule has 0 spiro atoms. The van der Waals surface area contributed by atoms with Gasteiger partial charge in [-0.3, -0.25) is 4.79 Å². The first-order chi connectivity index (χ1) is 17.0. The summed E-state index contributed by atoms with van der Waals surface area (Å²) in [6, 6.07) is 20.1. The van der Waals surface area contributed by atoms with Gasteiger partial charge in [-0.2, -0.15) is 10.4 Å². The van der Waals surface area contributed by atoms with E-state index in [0.717, 1.165) is 16.5 Å². The molecule has 10 heteroatoms. The predicted molar refractivity (Wildman–Crippen MR) is 136 cm³/mol. The van der Waals surface area contributed by atoms with E-state index in [2.05, 4.69) is 25.6 Å². The third-order valence-corrected chi connectivity index (χ3v) is 5.68. The number of carboxylic acids is 1. The molecule has 4 rings (SSSR count). The minimum atomic E-state index is -1.01. The van der Waals surface area contributed by atoms with E-state index < -0.39 is 5.97 Å². The molecule has 0 radical (unpaired) electrons. The van der Waals surface area contributed by atoms with Gasteiger partial charge in [-0.05, 0) is 35.9 Å². The lowest BCUT2D eigenvalue weighted by atomic mass is 10.1. The summed E-state index contributed by atoms with van der Waals surface area (Å²) in [5.74, 6) is -0.409. The summed E-state index contributed by atoms with van der Waals surface area (Å²) >= 11 is 0. The Kier molecular flexibility index (Phi) is 7.46. The van der Waals surface area contributed by atoms with Gasteiger partial charge in [0.15, 0.2) is 0 Å². The van der Waals surface area contributed by atoms with Gasteiger partial charge in [0.05, 0.1) is 35.6 Å². The topological polar surface area (TPSA) is 130 Å². The molecule has 0 bridgehead atoms. The van der Waals surface area contributed by atoms with Crippen molar-refractivity contribution >= 4 is 37.2 Å². The van der Waals surface area contributed by atoms with E-state index in [1.807, 2.05) is 36.4 Å². The Morgan fingerprint density at radius 1 is 1.11 bits per heavy atom. The van der Waals surface area contributed by atoms with E-state index in [4.69, 9.17) is 20.2 Å². The Hall–Kier alpha value is -4.12. The molecule has 2 heterocycles. The number of fused-ring (bicyclic) bond motifs is 1. The van der Waals surface area contributed by atoms with E-state index in [9.17, 15) is 9.59 Å². The summed E-state index contributed by atoms with van der Waals surface area (Å²) in [5, 5.41) is 26.7. The van der Waals surface area contributed by atoms with E-state index >= 15 is 0 Å². The molecule has 176 valence electrons. The van der Waals surface area contributed by atoms with Gasteiger partial charge in [0.2, 0.25) is 0 Å². The number of hydrogen-bond acceptors (Lipinski definition) is 7. The van der Waals surface area contributed by atoms with Crippen LogP contribution >= 0.6 is 9.24 Å². The number of aromatic nitrogens is 3. The monoisotopic (exact) mass is 487 g/mol. The number of aliphatic carboxylic acids is 1. The van der Waals surface area contributed by atoms with E-state index in [-0.39, 0.29) is 25.3 Å². The van der Waals surface area contributed by atoms with Gasteiger partial charge in [0, 0.05) is 17.5 Å². The van der Waals surface area contributed by atoms with Crippen LogP contribution in [0.4, 0.5) is 5.82 Å². The van der Waals surface area contributed by atoms with Crippen LogP contribution in [0, 0.1) is 11.3 Å². The fraction of sp³-hybridized carbons (Fsp3) is 0.160. The van der Waals surface area contributed by atoms with Crippen LogP contribution in [0.5, 0.6) is 0 Å². The Morgan fingerprint density at radius 2 is 1.86 bits per heavy atom. The molecule has 2 aromatic carbocycles. The number of anilines is 1. The summed E-state index contributed by atoms with van der Waals surface area (Å²) in [4.78, 5) is 28.2. The van der Waals surface area contributed by atoms with Crippen LogP contribution in [0.1, 0.15) is 11.1 Å². The van der Waals surface area contributed by atoms with Crippen molar-refractivity contribution < 1.29 is 14.6 Å². The highest BCUT2D eigenvalue weighted by atomic mass is 31.0. The molecule has 35 heavy (non-hydrogen) atoms. The van der Waals surface area contributed by atoms with Crippen molar-refractivity contribution in [2.24, 2.45) is 0 Å². The Morgan fingerprint density at radius 3 is 2.54 bits per heavy atom. The highest BCUT2D eigenvalue weighted by Gasteiger charge is 2.15. The Labute approximate surface area is 203 Å². The maximum atomic E-state index is 13.2. The molecule has 0 saturated carbocycles. The number of rotatable bonds is 9. The van der Waals surface area contributed by atoms with Crippen LogP contribution in [-0.4, -0.2) is 45.6 Å². The van der Waals surface area contributed by atoms with Gasteiger partial charge < -0.3 is 15.2 Å². The maximum Gasteiger partial charge on any atom is 0.329 e. The van der Waals surface area contributed by atoms with Gasteiger partial charge in [0.25, 0.3) is 5.56 Å². The van der Waals surface area contributed by atoms with Crippen molar-refractivity contribution in [2.45, 2.75) is 6.54 Å². The quantitative estimate of drug-likeness (QED) is 0.272. The zero-order valence-electron chi connectivity index (χ0n) is 18.6. The van der Waals surface area contributed by atoms with Gasteiger partial charge in [0.1, 0.15) is 18.1 Å². The van der Waals surface area contributed by atoms with Crippen LogP contribution in [0.3, 0.4) is 0 Å². The van der Waals surface area contributed by atoms with Crippen molar-refractivity contribution in [3.05, 3.63) is 82.1 Å². The fourth-order valence-corrected chi connectivity index (χ4v) is 3.96. The number of hydrogen-bond donors (Lipinski definition) is 2. The van der Waals surface area contributed by atoms with E-state index in [0.29, 0.717) is 34.4 Å². The van der Waals surface area contributed by atoms with Crippen molar-refractivity contribution in [1.29, 1.82) is 5.26 Å². The van der Waals surface area contributed by atoms with Crippen LogP contribution in [0.15, 0.2) is 65.5 Å². The lowest BCUT2D eigenvalue weighted by Gasteiger charge is -2.14. The van der Waals surface area contributed by atoms with Crippen LogP contribution in [0.2, 0.25) is 0 Å². The number of nitrogens with one attached hydrogen (secondary N) is 1. The van der Waals surface area contributed by atoms with Crippen molar-refractivity contribution in [3.8, 4) is 17.3 Å². The van der Waals surface area contributed by atoms with Gasteiger partial charge in [-0.15, -0.1) is 0 Å². The summed E-state index contributed by atoms with van der Waals surface area (Å²) in [5.41, 5.74) is 3.23. The number of carbonyl (C=O) groups is 1. The largest absolute Gasteiger partial charge is 0.480 e. The first-order valence-electron chi connectivity index (χ1n) is 10.8. The molecular formula is C25H22N5O4P. The predicted octanol–water partition coefficient (Wildman–Crippen LogP) is 2.39. The first kappa shape index (κ1) is 24.0. The molecule has 0 amide bonds. The van der Waals surface area contributed by atoms with Crippen LogP contribution < -0.4 is 16.3 Å². The third kappa shape index (κ3) is 5.69. The minimum Gasteiger partial charge on any atom is -0.480 e. The number of nitrogens with zero attached hydrogens (tertiary/aromatic N) is 4. The smallest absolute Gasteiger partial charge is 0.329 e. The molecule has 9 nitrogen and oxygen atoms in total. The first-order valence-corrected chi connectivity index (χ1v) is 11.3. The van der Waals surface area contributed by atoms with Crippen LogP contribution in [-0.2, 0) is 16.1 Å². The van der Waals surface area contributed by atoms with Gasteiger partial charge >= 0.3 is 5.97 Å². The highest BCUT2D eigenvalue weighted by molar-refractivity contribution is 7.27. The zero-order valence-corrected chi connectivity index (χ0v) is 19.8. The minimum absolute atomic E-state index is 0.202. The van der Waals surface area contributed by atoms with Gasteiger partial charge in [-0.25, -0.2) is 14.5 Å². The molecule has 2 N–H and O–H groups in total. The second-order valence-corrected chi connectivity index (χ2v) is 8.21. The lowest BCUT2D eigenvalue weighted by molar-refractivity contribution is -0.142. The maximum absolute atomic E-state index is 13.2. The molecule has 0 aliphatic heterocycles. The Bertz CT molecular complexity index is 1480. The second kappa shape index (κ2) is 10.9. The van der Waals surface area contributed by atoms with Crippen molar-refractivity contribution in [3.63, 3.8) is 0 Å². The molecular weight excluding hydrogens is 465 g/mol. The van der Waals surface area contributed by atoms with Crippen molar-refractivity contribution in [1.82, 2.24) is 14.8 Å². The summed E-state index contributed by atoms with van der Waals surface area (Å²) in [6.07, 6.45) is 0. The molecule has 0 saturated heterocycles. The molecule has 4 aromatic rings. The highest BCUT2D eigenvalue weighted by Crippen LogP contribution is 2.25. The standard InChI is InChI=1S/C25H22N5O4P/c26-13-16-5-7-17(8-6-16)14-30-25(33)19-4-2-1-3-18(19)23(29-30)20-9-10-21(28-24(20)35)27-11-12-34-15-22(31)32/h1-10H,11-12,14-15,35H2,(H,27,28)(H,31,32). The SMILES string of the molecule is N#Cc1ccc(Cn2nc(-c3ccc(NCCOCC(=O)O)nc3P)c3ccccc3c2=O)cc1. The van der Waals surface area contributed by atoms with Crippen molar-refractivity contribution in [2.75, 3.05) is 25.1 Å². The second-order valence-electron chi connectivity index (χ2n) is 7.67. The molecule has 0 aliphatic carbocycles. The zero-order chi connectivity index (χ0) is 24.8. The normalized spacial score (nSPS) is 10.7. The van der Waals surface area contributed by atoms with E-state index in [1.54, 1.807) is 24.3 Å². The lowest BCUT2D eigenvalue weighted by Crippen LogP contribution is -2.25. The molecule has 2 aromatic heterocycles. The molecule has 1 atom stereocenters. The van der Waals surface area contributed by atoms with E-state index in [1.165, 1.54) is 4.68 Å². The number of pyridine rings is 1. The molecule has 0 fully saturated rings. The molecule has 0 aliphatic rings. The number of ether oxygens (including phenoxy) is 1. The fourth-order valence-electron chi connectivity index (χ4n) is 3.58. The Balaban J connectivity index is 1.65. The van der Waals surface area contributed by atoms with Crippen LogP contribution in [0.25, 0.3) is 22.0 Å². The average molecular weight is 487 g/mol. The number of benzene rings is 2. The van der Waals surface area contributed by atoms with Gasteiger partial charge in [-0.1, -0.05) is 39.6 Å².